The number of carbonyl (C=O) groups is 1. The molecule has 0 atom stereocenters. The molecule has 4 nitrogen and oxygen atoms in total. The molecule has 2 N–H and O–H groups in total. The van der Waals surface area contributed by atoms with Crippen molar-refractivity contribution in [3.8, 4) is 0 Å². The van der Waals surface area contributed by atoms with Gasteiger partial charge in [-0.1, -0.05) is 30.3 Å². The molecule has 0 aromatic heterocycles. The molecule has 0 aliphatic carbocycles. The number of anilines is 2. The minimum Gasteiger partial charge on any atom is -0.385 e. The number of rotatable bonds is 8. The molecule has 0 unspecified atom stereocenters. The number of carbonyl (C=O) groups excluding carboxylic acids is 1. The van der Waals surface area contributed by atoms with Crippen LogP contribution in [-0.4, -0.2) is 26.2 Å². The summed E-state index contributed by atoms with van der Waals surface area (Å²) in [7, 11) is 1.70. The van der Waals surface area contributed by atoms with Crippen molar-refractivity contribution in [1.29, 1.82) is 0 Å². The van der Waals surface area contributed by atoms with Crippen LogP contribution >= 0.6 is 0 Å². The predicted molar refractivity (Wildman–Crippen MR) is 90.2 cm³/mol. The quantitative estimate of drug-likeness (QED) is 0.735. The van der Waals surface area contributed by atoms with Gasteiger partial charge < -0.3 is 15.4 Å². The lowest BCUT2D eigenvalue weighted by Crippen LogP contribution is -2.14. The first-order valence-electron chi connectivity index (χ1n) is 7.44. The molecule has 22 heavy (non-hydrogen) atoms. The van der Waals surface area contributed by atoms with E-state index < -0.39 is 0 Å². The van der Waals surface area contributed by atoms with E-state index in [4.69, 9.17) is 4.74 Å². The van der Waals surface area contributed by atoms with Crippen molar-refractivity contribution >= 4 is 17.3 Å². The van der Waals surface area contributed by atoms with Gasteiger partial charge in [-0.3, -0.25) is 4.79 Å². The number of amides is 1. The molecule has 0 radical (unpaired) electrons. The van der Waals surface area contributed by atoms with Gasteiger partial charge in [0.25, 0.3) is 0 Å². The normalized spacial score (nSPS) is 10.2. The van der Waals surface area contributed by atoms with Crippen LogP contribution in [0, 0.1) is 0 Å². The average Bonchev–Trinajstić information content (AvgIpc) is 2.54. The molecule has 0 bridgehead atoms. The van der Waals surface area contributed by atoms with Crippen molar-refractivity contribution in [3.63, 3.8) is 0 Å². The van der Waals surface area contributed by atoms with E-state index in [1.807, 2.05) is 54.6 Å². The number of nitrogens with one attached hydrogen (secondary N) is 2. The van der Waals surface area contributed by atoms with Gasteiger partial charge in [-0.2, -0.15) is 0 Å². The highest BCUT2D eigenvalue weighted by Crippen LogP contribution is 2.14. The Hall–Kier alpha value is -2.33. The summed E-state index contributed by atoms with van der Waals surface area (Å²) in [5.41, 5.74) is 2.86. The highest BCUT2D eigenvalue weighted by Gasteiger charge is 2.03. The molecule has 116 valence electrons. The summed E-state index contributed by atoms with van der Waals surface area (Å²) in [6.45, 7) is 1.62. The molecule has 4 heteroatoms. The largest absolute Gasteiger partial charge is 0.385 e. The first-order valence-corrected chi connectivity index (χ1v) is 7.44. The van der Waals surface area contributed by atoms with Crippen molar-refractivity contribution in [1.82, 2.24) is 0 Å². The molecule has 1 amide bonds. The van der Waals surface area contributed by atoms with Gasteiger partial charge in [0.2, 0.25) is 5.91 Å². The van der Waals surface area contributed by atoms with E-state index in [9.17, 15) is 4.79 Å². The smallest absolute Gasteiger partial charge is 0.228 e. The second-order valence-electron chi connectivity index (χ2n) is 5.06. The van der Waals surface area contributed by atoms with Crippen LogP contribution in [0.25, 0.3) is 0 Å². The minimum atomic E-state index is -0.00740. The van der Waals surface area contributed by atoms with Crippen LogP contribution < -0.4 is 10.6 Å². The van der Waals surface area contributed by atoms with Gasteiger partial charge >= 0.3 is 0 Å². The van der Waals surface area contributed by atoms with Crippen LogP contribution in [0.5, 0.6) is 0 Å². The van der Waals surface area contributed by atoms with Crippen molar-refractivity contribution < 1.29 is 9.53 Å². The Balaban J connectivity index is 1.79. The van der Waals surface area contributed by atoms with E-state index in [2.05, 4.69) is 10.6 Å². The van der Waals surface area contributed by atoms with Crippen LogP contribution in [0.3, 0.4) is 0 Å². The zero-order valence-corrected chi connectivity index (χ0v) is 12.8. The van der Waals surface area contributed by atoms with Crippen molar-refractivity contribution in [2.45, 2.75) is 12.8 Å². The van der Waals surface area contributed by atoms with Gasteiger partial charge in [0.1, 0.15) is 0 Å². The van der Waals surface area contributed by atoms with Gasteiger partial charge in [-0.15, -0.1) is 0 Å². The van der Waals surface area contributed by atoms with E-state index in [1.54, 1.807) is 7.11 Å². The summed E-state index contributed by atoms with van der Waals surface area (Å²) in [6.07, 6.45) is 1.35. The summed E-state index contributed by atoms with van der Waals surface area (Å²) in [6, 6.07) is 17.5. The number of benzene rings is 2. The van der Waals surface area contributed by atoms with E-state index in [0.717, 1.165) is 36.5 Å². The molecular formula is C18H22N2O2. The molecule has 0 saturated carbocycles. The third-order valence-electron chi connectivity index (χ3n) is 3.23. The van der Waals surface area contributed by atoms with Crippen molar-refractivity contribution in [2.75, 3.05) is 30.9 Å². The van der Waals surface area contributed by atoms with Crippen LogP contribution in [0.4, 0.5) is 11.4 Å². The highest BCUT2D eigenvalue weighted by atomic mass is 16.5. The molecule has 0 aliphatic heterocycles. The number of ether oxygens (including phenoxy) is 1. The topological polar surface area (TPSA) is 50.4 Å². The summed E-state index contributed by atoms with van der Waals surface area (Å²) in [5, 5.41) is 6.21. The van der Waals surface area contributed by atoms with Gasteiger partial charge in [-0.05, 0) is 36.2 Å². The highest BCUT2D eigenvalue weighted by molar-refractivity contribution is 5.92. The van der Waals surface area contributed by atoms with Crippen LogP contribution in [-0.2, 0) is 16.0 Å². The first kappa shape index (κ1) is 16.0. The lowest BCUT2D eigenvalue weighted by Gasteiger charge is -2.08. The van der Waals surface area contributed by atoms with Gasteiger partial charge in [0.15, 0.2) is 0 Å². The van der Waals surface area contributed by atoms with E-state index in [0.29, 0.717) is 6.42 Å². The molecule has 2 aromatic rings. The maximum Gasteiger partial charge on any atom is 0.228 e. The SMILES string of the molecule is COCCCNc1ccc(NC(=O)Cc2ccccc2)cc1. The molecule has 0 spiro atoms. The van der Waals surface area contributed by atoms with Gasteiger partial charge in [0, 0.05) is 31.6 Å². The summed E-state index contributed by atoms with van der Waals surface area (Å²) < 4.78 is 5.00. The number of methoxy groups -OCH3 is 1. The molecule has 2 aromatic carbocycles. The fourth-order valence-corrected chi connectivity index (χ4v) is 2.11. The molecule has 0 heterocycles. The third-order valence-corrected chi connectivity index (χ3v) is 3.23. The molecule has 0 saturated heterocycles. The molecule has 0 aliphatic rings. The fourth-order valence-electron chi connectivity index (χ4n) is 2.11. The summed E-state index contributed by atoms with van der Waals surface area (Å²) in [4.78, 5) is 12.0. The Labute approximate surface area is 131 Å². The Kier molecular flexibility index (Phi) is 6.45. The Bertz CT molecular complexity index is 567. The Morgan fingerprint density at radius 1 is 1.00 bits per heavy atom. The lowest BCUT2D eigenvalue weighted by atomic mass is 10.1. The summed E-state index contributed by atoms with van der Waals surface area (Å²) >= 11 is 0. The predicted octanol–water partition coefficient (Wildman–Crippen LogP) is 3.32. The van der Waals surface area contributed by atoms with E-state index in [-0.39, 0.29) is 5.91 Å². The molecule has 2 rings (SSSR count). The zero-order valence-electron chi connectivity index (χ0n) is 12.8. The van der Waals surface area contributed by atoms with Crippen LogP contribution in [0.15, 0.2) is 54.6 Å². The number of hydrogen-bond donors (Lipinski definition) is 2. The second kappa shape index (κ2) is 8.85. The second-order valence-corrected chi connectivity index (χ2v) is 5.06. The first-order chi connectivity index (χ1) is 10.8. The lowest BCUT2D eigenvalue weighted by molar-refractivity contribution is -0.115. The third kappa shape index (κ3) is 5.58. The minimum absolute atomic E-state index is 0.00740. The van der Waals surface area contributed by atoms with Crippen molar-refractivity contribution in [2.24, 2.45) is 0 Å². The molecule has 0 fully saturated rings. The average molecular weight is 298 g/mol. The Morgan fingerprint density at radius 3 is 2.36 bits per heavy atom. The van der Waals surface area contributed by atoms with Gasteiger partial charge in [0.05, 0.1) is 6.42 Å². The monoisotopic (exact) mass is 298 g/mol. The van der Waals surface area contributed by atoms with Crippen LogP contribution in [0.1, 0.15) is 12.0 Å². The maximum absolute atomic E-state index is 12.0. The fraction of sp³-hybridized carbons (Fsp3) is 0.278. The maximum atomic E-state index is 12.0. The number of hydrogen-bond acceptors (Lipinski definition) is 3. The van der Waals surface area contributed by atoms with E-state index in [1.165, 1.54) is 0 Å². The molecular weight excluding hydrogens is 276 g/mol. The van der Waals surface area contributed by atoms with E-state index >= 15 is 0 Å². The van der Waals surface area contributed by atoms with Crippen molar-refractivity contribution in [3.05, 3.63) is 60.2 Å². The zero-order chi connectivity index (χ0) is 15.6. The summed E-state index contributed by atoms with van der Waals surface area (Å²) in [5.74, 6) is -0.00740. The van der Waals surface area contributed by atoms with Gasteiger partial charge in [-0.25, -0.2) is 0 Å². The van der Waals surface area contributed by atoms with Crippen LogP contribution in [0.2, 0.25) is 0 Å². The standard InChI is InChI=1S/C18H22N2O2/c1-22-13-5-12-19-16-8-10-17(11-9-16)20-18(21)14-15-6-3-2-4-7-15/h2-4,6-11,19H,5,12-14H2,1H3,(H,20,21). The Morgan fingerprint density at radius 2 is 1.68 bits per heavy atom.